The Morgan fingerprint density at radius 2 is 2.14 bits per heavy atom. The third kappa shape index (κ3) is 5.58. The minimum absolute atomic E-state index is 0.0334. The number of carbonyl (C=O) groups excluding carboxylic acids is 1. The van der Waals surface area contributed by atoms with Gasteiger partial charge in [-0.2, -0.15) is 0 Å². The standard InChI is InChI=1S/C17H21NO3/c19-10-3-4-14-6-8-15(9-7-14)13-18-17(20)12-16-5-1-2-11-21-16/h6-9,16,19H,1-2,5,10-13H2,(H,18,20). The molecule has 1 fully saturated rings. The fourth-order valence-electron chi connectivity index (χ4n) is 2.30. The third-order valence-corrected chi connectivity index (χ3v) is 3.44. The Morgan fingerprint density at radius 1 is 1.33 bits per heavy atom. The molecule has 21 heavy (non-hydrogen) atoms. The smallest absolute Gasteiger partial charge is 0.222 e. The van der Waals surface area contributed by atoms with Gasteiger partial charge in [0.05, 0.1) is 12.5 Å². The summed E-state index contributed by atoms with van der Waals surface area (Å²) in [4.78, 5) is 11.9. The number of carbonyl (C=O) groups is 1. The van der Waals surface area contributed by atoms with Crippen molar-refractivity contribution in [2.75, 3.05) is 13.2 Å². The molecule has 0 aromatic heterocycles. The van der Waals surface area contributed by atoms with Gasteiger partial charge in [-0.3, -0.25) is 4.79 Å². The summed E-state index contributed by atoms with van der Waals surface area (Å²) in [5.41, 5.74) is 1.89. The Morgan fingerprint density at radius 3 is 2.81 bits per heavy atom. The number of hydrogen-bond donors (Lipinski definition) is 2. The summed E-state index contributed by atoms with van der Waals surface area (Å²) in [6.07, 6.45) is 3.75. The molecule has 4 nitrogen and oxygen atoms in total. The minimum atomic E-state index is -0.138. The van der Waals surface area contributed by atoms with Gasteiger partial charge in [0.1, 0.15) is 6.61 Å². The molecule has 0 saturated carbocycles. The molecule has 0 spiro atoms. The first-order chi connectivity index (χ1) is 10.3. The molecule has 0 bridgehead atoms. The molecule has 4 heteroatoms. The summed E-state index contributed by atoms with van der Waals surface area (Å²) in [6, 6.07) is 7.63. The van der Waals surface area contributed by atoms with E-state index in [9.17, 15) is 4.79 Å². The fraction of sp³-hybridized carbons (Fsp3) is 0.471. The predicted molar refractivity (Wildman–Crippen MR) is 80.5 cm³/mol. The Bertz CT molecular complexity index is 507. The van der Waals surface area contributed by atoms with Crippen LogP contribution in [-0.2, 0) is 16.1 Å². The van der Waals surface area contributed by atoms with Crippen LogP contribution in [0.5, 0.6) is 0 Å². The molecule has 1 amide bonds. The van der Waals surface area contributed by atoms with Crippen LogP contribution in [0.3, 0.4) is 0 Å². The van der Waals surface area contributed by atoms with Gasteiger partial charge >= 0.3 is 0 Å². The quantitative estimate of drug-likeness (QED) is 0.827. The van der Waals surface area contributed by atoms with Crippen molar-refractivity contribution in [1.29, 1.82) is 0 Å². The van der Waals surface area contributed by atoms with Gasteiger partial charge in [-0.1, -0.05) is 24.0 Å². The Hall–Kier alpha value is -1.83. The lowest BCUT2D eigenvalue weighted by molar-refractivity contribution is -0.125. The third-order valence-electron chi connectivity index (χ3n) is 3.44. The molecule has 1 aromatic rings. The van der Waals surface area contributed by atoms with E-state index in [0.717, 1.165) is 37.0 Å². The van der Waals surface area contributed by atoms with Crippen molar-refractivity contribution >= 4 is 5.91 Å². The lowest BCUT2D eigenvalue weighted by atomic mass is 10.1. The van der Waals surface area contributed by atoms with E-state index >= 15 is 0 Å². The highest BCUT2D eigenvalue weighted by Gasteiger charge is 2.17. The van der Waals surface area contributed by atoms with Gasteiger partial charge in [0, 0.05) is 18.7 Å². The number of aliphatic hydroxyl groups is 1. The molecule has 0 radical (unpaired) electrons. The van der Waals surface area contributed by atoms with Gasteiger partial charge < -0.3 is 15.2 Å². The summed E-state index contributed by atoms with van der Waals surface area (Å²) in [5, 5.41) is 11.5. The maximum absolute atomic E-state index is 11.9. The maximum atomic E-state index is 11.9. The lowest BCUT2D eigenvalue weighted by Crippen LogP contribution is -2.30. The second kappa shape index (κ2) is 8.46. The molecular formula is C17H21NO3. The van der Waals surface area contributed by atoms with E-state index in [-0.39, 0.29) is 18.6 Å². The first-order valence-electron chi connectivity index (χ1n) is 7.35. The zero-order chi connectivity index (χ0) is 14.9. The molecule has 1 heterocycles. The van der Waals surface area contributed by atoms with Crippen LogP contribution in [-0.4, -0.2) is 30.3 Å². The highest BCUT2D eigenvalue weighted by atomic mass is 16.5. The normalized spacial score (nSPS) is 17.7. The van der Waals surface area contributed by atoms with E-state index in [2.05, 4.69) is 17.2 Å². The molecule has 1 unspecified atom stereocenters. The molecule has 1 saturated heterocycles. The van der Waals surface area contributed by atoms with E-state index in [4.69, 9.17) is 9.84 Å². The lowest BCUT2D eigenvalue weighted by Gasteiger charge is -2.21. The van der Waals surface area contributed by atoms with Gasteiger partial charge in [0.15, 0.2) is 0 Å². The topological polar surface area (TPSA) is 58.6 Å². The largest absolute Gasteiger partial charge is 0.384 e. The number of hydrogen-bond acceptors (Lipinski definition) is 3. The van der Waals surface area contributed by atoms with Crippen molar-refractivity contribution in [2.24, 2.45) is 0 Å². The Labute approximate surface area is 125 Å². The van der Waals surface area contributed by atoms with Crippen LogP contribution in [0.15, 0.2) is 24.3 Å². The van der Waals surface area contributed by atoms with Crippen molar-refractivity contribution in [3.8, 4) is 11.8 Å². The zero-order valence-electron chi connectivity index (χ0n) is 12.1. The summed E-state index contributed by atoms with van der Waals surface area (Å²) >= 11 is 0. The maximum Gasteiger partial charge on any atom is 0.222 e. The minimum Gasteiger partial charge on any atom is -0.384 e. The van der Waals surface area contributed by atoms with Crippen molar-refractivity contribution in [3.63, 3.8) is 0 Å². The number of nitrogens with one attached hydrogen (secondary N) is 1. The van der Waals surface area contributed by atoms with Crippen LogP contribution in [0.2, 0.25) is 0 Å². The molecule has 0 aliphatic carbocycles. The highest BCUT2D eigenvalue weighted by molar-refractivity contribution is 5.76. The van der Waals surface area contributed by atoms with Crippen LogP contribution in [0, 0.1) is 11.8 Å². The second-order valence-corrected chi connectivity index (χ2v) is 5.13. The van der Waals surface area contributed by atoms with E-state index in [1.807, 2.05) is 24.3 Å². The molecule has 1 aliphatic rings. The number of rotatable bonds is 4. The summed E-state index contributed by atoms with van der Waals surface area (Å²) < 4.78 is 5.56. The molecule has 1 aliphatic heterocycles. The monoisotopic (exact) mass is 287 g/mol. The average molecular weight is 287 g/mol. The first kappa shape index (κ1) is 15.6. The molecule has 1 aromatic carbocycles. The SMILES string of the molecule is O=C(CC1CCCCO1)NCc1ccc(C#CCO)cc1. The molecule has 112 valence electrons. The summed E-state index contributed by atoms with van der Waals surface area (Å²) in [6.45, 7) is 1.15. The first-order valence-corrected chi connectivity index (χ1v) is 7.35. The van der Waals surface area contributed by atoms with Crippen LogP contribution in [0.1, 0.15) is 36.8 Å². The van der Waals surface area contributed by atoms with Gasteiger partial charge in [0.25, 0.3) is 0 Å². The van der Waals surface area contributed by atoms with E-state index in [1.165, 1.54) is 0 Å². The van der Waals surface area contributed by atoms with Crippen LogP contribution in [0.4, 0.5) is 0 Å². The van der Waals surface area contributed by atoms with Crippen LogP contribution < -0.4 is 5.32 Å². The number of aliphatic hydroxyl groups excluding tert-OH is 1. The van der Waals surface area contributed by atoms with Crippen molar-refractivity contribution < 1.29 is 14.6 Å². The van der Waals surface area contributed by atoms with E-state index < -0.39 is 0 Å². The molecular weight excluding hydrogens is 266 g/mol. The Balaban J connectivity index is 1.75. The molecule has 1 atom stereocenters. The number of amides is 1. The predicted octanol–water partition coefficient (Wildman–Crippen LogP) is 1.61. The van der Waals surface area contributed by atoms with Gasteiger partial charge in [0.2, 0.25) is 5.91 Å². The number of benzene rings is 1. The molecule has 2 rings (SSSR count). The van der Waals surface area contributed by atoms with Crippen molar-refractivity contribution in [3.05, 3.63) is 35.4 Å². The van der Waals surface area contributed by atoms with Crippen molar-refractivity contribution in [1.82, 2.24) is 5.32 Å². The van der Waals surface area contributed by atoms with E-state index in [1.54, 1.807) is 0 Å². The van der Waals surface area contributed by atoms with Gasteiger partial charge in [-0.15, -0.1) is 0 Å². The summed E-state index contributed by atoms with van der Waals surface area (Å²) in [5.74, 6) is 5.47. The second-order valence-electron chi connectivity index (χ2n) is 5.13. The average Bonchev–Trinajstić information content (AvgIpc) is 2.53. The Kier molecular flexibility index (Phi) is 6.26. The van der Waals surface area contributed by atoms with E-state index in [0.29, 0.717) is 13.0 Å². The fourth-order valence-corrected chi connectivity index (χ4v) is 2.30. The summed E-state index contributed by atoms with van der Waals surface area (Å²) in [7, 11) is 0. The van der Waals surface area contributed by atoms with Crippen molar-refractivity contribution in [2.45, 2.75) is 38.3 Å². The molecule has 2 N–H and O–H groups in total. The highest BCUT2D eigenvalue weighted by Crippen LogP contribution is 2.15. The van der Waals surface area contributed by atoms with Gasteiger partial charge in [-0.25, -0.2) is 0 Å². The number of ether oxygens (including phenoxy) is 1. The zero-order valence-corrected chi connectivity index (χ0v) is 12.1. The van der Waals surface area contributed by atoms with Gasteiger partial charge in [-0.05, 0) is 37.0 Å². The van der Waals surface area contributed by atoms with Crippen LogP contribution in [0.25, 0.3) is 0 Å². The van der Waals surface area contributed by atoms with Crippen LogP contribution >= 0.6 is 0 Å².